The molecule has 0 radical (unpaired) electrons. The lowest BCUT2D eigenvalue weighted by Gasteiger charge is -2.52. The lowest BCUT2D eigenvalue weighted by Crippen LogP contribution is -2.61. The molecular formula is C17H29NO3. The Labute approximate surface area is 127 Å². The van der Waals surface area contributed by atoms with Crippen LogP contribution in [0, 0.1) is 0 Å². The zero-order valence-electron chi connectivity index (χ0n) is 13.3. The fourth-order valence-electron chi connectivity index (χ4n) is 4.77. The normalized spacial score (nSPS) is 37.5. The van der Waals surface area contributed by atoms with E-state index in [9.17, 15) is 9.90 Å². The highest BCUT2D eigenvalue weighted by molar-refractivity contribution is 5.78. The van der Waals surface area contributed by atoms with Gasteiger partial charge in [-0.2, -0.15) is 0 Å². The molecule has 2 aliphatic heterocycles. The van der Waals surface area contributed by atoms with E-state index in [4.69, 9.17) is 4.74 Å². The third-order valence-corrected chi connectivity index (χ3v) is 6.08. The van der Waals surface area contributed by atoms with Gasteiger partial charge < -0.3 is 9.84 Å². The highest BCUT2D eigenvalue weighted by atomic mass is 16.5. The summed E-state index contributed by atoms with van der Waals surface area (Å²) in [5.74, 6) is -0.647. The minimum absolute atomic E-state index is 0.0536. The Bertz CT molecular complexity index is 386. The van der Waals surface area contributed by atoms with Crippen LogP contribution in [0.25, 0.3) is 0 Å². The molecule has 2 saturated heterocycles. The van der Waals surface area contributed by atoms with Gasteiger partial charge in [-0.15, -0.1) is 0 Å². The van der Waals surface area contributed by atoms with Crippen molar-refractivity contribution in [3.8, 4) is 0 Å². The van der Waals surface area contributed by atoms with Crippen LogP contribution in [-0.4, -0.2) is 46.3 Å². The highest BCUT2D eigenvalue weighted by Crippen LogP contribution is 2.42. The molecule has 2 atom stereocenters. The van der Waals surface area contributed by atoms with Gasteiger partial charge in [0.15, 0.2) is 0 Å². The maximum atomic E-state index is 11.8. The maximum Gasteiger partial charge on any atom is 0.323 e. The van der Waals surface area contributed by atoms with Gasteiger partial charge >= 0.3 is 5.97 Å². The molecule has 4 heteroatoms. The molecule has 0 amide bonds. The summed E-state index contributed by atoms with van der Waals surface area (Å²) in [5, 5.41) is 9.73. The molecule has 0 aromatic rings. The van der Waals surface area contributed by atoms with Crippen molar-refractivity contribution in [2.75, 3.05) is 13.2 Å². The first kappa shape index (κ1) is 15.3. The Kier molecular flexibility index (Phi) is 4.28. The van der Waals surface area contributed by atoms with E-state index < -0.39 is 11.5 Å². The van der Waals surface area contributed by atoms with Gasteiger partial charge in [-0.25, -0.2) is 0 Å². The van der Waals surface area contributed by atoms with Crippen molar-refractivity contribution in [3.05, 3.63) is 0 Å². The Morgan fingerprint density at radius 1 is 1.14 bits per heavy atom. The largest absolute Gasteiger partial charge is 0.480 e. The summed E-state index contributed by atoms with van der Waals surface area (Å²) in [6, 6.07) is 0.387. The first-order chi connectivity index (χ1) is 10.1. The molecule has 0 aromatic carbocycles. The van der Waals surface area contributed by atoms with E-state index >= 15 is 0 Å². The summed E-state index contributed by atoms with van der Waals surface area (Å²) in [6.45, 7) is 3.66. The zero-order chi connectivity index (χ0) is 14.9. The van der Waals surface area contributed by atoms with Gasteiger partial charge in [-0.3, -0.25) is 9.69 Å². The molecule has 1 aliphatic carbocycles. The Balaban J connectivity index is 1.76. The lowest BCUT2D eigenvalue weighted by atomic mass is 9.76. The van der Waals surface area contributed by atoms with Gasteiger partial charge in [0, 0.05) is 12.6 Å². The van der Waals surface area contributed by atoms with Gasteiger partial charge in [-0.1, -0.05) is 19.3 Å². The van der Waals surface area contributed by atoms with Crippen molar-refractivity contribution in [2.45, 2.75) is 88.3 Å². The van der Waals surface area contributed by atoms with Crippen LogP contribution < -0.4 is 0 Å². The second-order valence-corrected chi connectivity index (χ2v) is 7.47. The summed E-state index contributed by atoms with van der Waals surface area (Å²) in [6.07, 6.45) is 11.2. The molecule has 3 fully saturated rings. The minimum atomic E-state index is -0.671. The van der Waals surface area contributed by atoms with Crippen LogP contribution in [0.15, 0.2) is 0 Å². The number of ether oxygens (including phenoxy) is 1. The predicted molar refractivity (Wildman–Crippen MR) is 81.4 cm³/mol. The predicted octanol–water partition coefficient (Wildman–Crippen LogP) is 3.20. The third kappa shape index (κ3) is 2.85. The van der Waals surface area contributed by atoms with E-state index in [2.05, 4.69) is 4.90 Å². The number of hydrogen-bond acceptors (Lipinski definition) is 3. The quantitative estimate of drug-likeness (QED) is 0.850. The van der Waals surface area contributed by atoms with Crippen molar-refractivity contribution >= 4 is 5.97 Å². The van der Waals surface area contributed by atoms with Crippen LogP contribution in [0.5, 0.6) is 0 Å². The molecule has 2 heterocycles. The minimum Gasteiger partial charge on any atom is -0.480 e. The number of aliphatic carboxylic acids is 1. The van der Waals surface area contributed by atoms with Crippen LogP contribution >= 0.6 is 0 Å². The molecule has 21 heavy (non-hydrogen) atoms. The van der Waals surface area contributed by atoms with E-state index in [1.54, 1.807) is 0 Å². The molecule has 1 spiro atoms. The fourth-order valence-corrected chi connectivity index (χ4v) is 4.77. The SMILES string of the molecule is CC1(C(=O)O)CCCCN1C1CCOC2(CCCCC2)C1. The molecule has 4 nitrogen and oxygen atoms in total. The second-order valence-electron chi connectivity index (χ2n) is 7.47. The molecule has 0 bridgehead atoms. The molecule has 3 aliphatic rings. The smallest absolute Gasteiger partial charge is 0.323 e. The second kappa shape index (κ2) is 5.88. The Morgan fingerprint density at radius 2 is 1.86 bits per heavy atom. The van der Waals surface area contributed by atoms with Crippen molar-refractivity contribution in [3.63, 3.8) is 0 Å². The third-order valence-electron chi connectivity index (χ3n) is 6.08. The number of nitrogens with zero attached hydrogens (tertiary/aromatic N) is 1. The molecule has 0 aromatic heterocycles. The average Bonchev–Trinajstić information content (AvgIpc) is 2.48. The number of piperidine rings is 1. The lowest BCUT2D eigenvalue weighted by molar-refractivity contribution is -0.166. The molecule has 1 saturated carbocycles. The summed E-state index contributed by atoms with van der Waals surface area (Å²) < 4.78 is 6.18. The fraction of sp³-hybridized carbons (Fsp3) is 0.941. The van der Waals surface area contributed by atoms with Gasteiger partial charge in [0.2, 0.25) is 0 Å². The summed E-state index contributed by atoms with van der Waals surface area (Å²) in [4.78, 5) is 14.1. The van der Waals surface area contributed by atoms with E-state index in [-0.39, 0.29) is 5.60 Å². The molecule has 1 N–H and O–H groups in total. The van der Waals surface area contributed by atoms with E-state index in [1.165, 1.54) is 32.1 Å². The Morgan fingerprint density at radius 3 is 2.57 bits per heavy atom. The number of rotatable bonds is 2. The van der Waals surface area contributed by atoms with E-state index in [1.807, 2.05) is 6.92 Å². The molecule has 120 valence electrons. The van der Waals surface area contributed by atoms with Crippen LogP contribution in [-0.2, 0) is 9.53 Å². The van der Waals surface area contributed by atoms with Crippen LogP contribution in [0.4, 0.5) is 0 Å². The van der Waals surface area contributed by atoms with E-state index in [0.717, 1.165) is 45.3 Å². The average molecular weight is 295 g/mol. The Hall–Kier alpha value is -0.610. The molecule has 2 unspecified atom stereocenters. The number of hydrogen-bond donors (Lipinski definition) is 1. The standard InChI is InChI=1S/C17H29NO3/c1-16(15(19)20)8-5-6-11-18(16)14-7-12-21-17(13-14)9-3-2-4-10-17/h14H,2-13H2,1H3,(H,19,20). The molecular weight excluding hydrogens is 266 g/mol. The molecule has 3 rings (SSSR count). The van der Waals surface area contributed by atoms with E-state index in [0.29, 0.717) is 6.04 Å². The first-order valence-electron chi connectivity index (χ1n) is 8.70. The first-order valence-corrected chi connectivity index (χ1v) is 8.70. The van der Waals surface area contributed by atoms with Gasteiger partial charge in [-0.05, 0) is 58.4 Å². The van der Waals surface area contributed by atoms with Gasteiger partial charge in [0.25, 0.3) is 0 Å². The van der Waals surface area contributed by atoms with Crippen LogP contribution in [0.2, 0.25) is 0 Å². The monoisotopic (exact) mass is 295 g/mol. The number of carboxylic acids is 1. The van der Waals surface area contributed by atoms with Crippen LogP contribution in [0.3, 0.4) is 0 Å². The summed E-state index contributed by atoms with van der Waals surface area (Å²) in [5.41, 5.74) is -0.617. The number of likely N-dealkylation sites (tertiary alicyclic amines) is 1. The number of carboxylic acid groups (broad SMARTS) is 1. The van der Waals surface area contributed by atoms with Crippen molar-refractivity contribution in [2.24, 2.45) is 0 Å². The van der Waals surface area contributed by atoms with Crippen molar-refractivity contribution in [1.29, 1.82) is 0 Å². The van der Waals surface area contributed by atoms with Gasteiger partial charge in [0.05, 0.1) is 5.60 Å². The highest BCUT2D eigenvalue weighted by Gasteiger charge is 2.48. The summed E-state index contributed by atoms with van der Waals surface area (Å²) in [7, 11) is 0. The van der Waals surface area contributed by atoms with Crippen molar-refractivity contribution in [1.82, 2.24) is 4.90 Å². The zero-order valence-corrected chi connectivity index (χ0v) is 13.3. The number of carbonyl (C=O) groups is 1. The van der Waals surface area contributed by atoms with Gasteiger partial charge in [0.1, 0.15) is 5.54 Å². The van der Waals surface area contributed by atoms with Crippen LogP contribution in [0.1, 0.15) is 71.1 Å². The van der Waals surface area contributed by atoms with Crippen molar-refractivity contribution < 1.29 is 14.6 Å². The topological polar surface area (TPSA) is 49.8 Å². The maximum absolute atomic E-state index is 11.8. The summed E-state index contributed by atoms with van der Waals surface area (Å²) >= 11 is 0.